The molecule has 1 aliphatic heterocycles. The first-order valence-corrected chi connectivity index (χ1v) is 8.71. The largest absolute Gasteiger partial charge is 0.378 e. The molecule has 3 aromatic rings. The van der Waals surface area contributed by atoms with Crippen molar-refractivity contribution >= 4 is 17.2 Å². The topological polar surface area (TPSA) is 47.4 Å². The van der Waals surface area contributed by atoms with Gasteiger partial charge in [0.2, 0.25) is 0 Å². The Morgan fingerprint density at radius 1 is 1.04 bits per heavy atom. The molecule has 6 heteroatoms. The van der Waals surface area contributed by atoms with E-state index in [9.17, 15) is 4.79 Å². The summed E-state index contributed by atoms with van der Waals surface area (Å²) < 4.78 is 7.29. The molecule has 122 valence electrons. The highest BCUT2D eigenvalue weighted by atomic mass is 32.1. The average molecular weight is 339 g/mol. The van der Waals surface area contributed by atoms with Gasteiger partial charge in [-0.1, -0.05) is 41.7 Å². The van der Waals surface area contributed by atoms with Gasteiger partial charge in [-0.3, -0.25) is 4.79 Å². The molecule has 3 heterocycles. The van der Waals surface area contributed by atoms with Crippen molar-refractivity contribution in [3.8, 4) is 16.4 Å². The van der Waals surface area contributed by atoms with Crippen LogP contribution in [-0.4, -0.2) is 46.7 Å². The van der Waals surface area contributed by atoms with Crippen molar-refractivity contribution in [2.75, 3.05) is 26.3 Å². The van der Waals surface area contributed by atoms with E-state index in [1.54, 1.807) is 0 Å². The van der Waals surface area contributed by atoms with Crippen LogP contribution in [0.25, 0.3) is 16.4 Å². The molecule has 0 atom stereocenters. The van der Waals surface area contributed by atoms with E-state index >= 15 is 0 Å². The zero-order valence-corrected chi connectivity index (χ0v) is 13.9. The molecule has 0 bridgehead atoms. The molecule has 1 aliphatic rings. The van der Waals surface area contributed by atoms with E-state index in [2.05, 4.69) is 0 Å². The van der Waals surface area contributed by atoms with E-state index in [0.717, 1.165) is 16.4 Å². The van der Waals surface area contributed by atoms with Crippen molar-refractivity contribution in [1.29, 1.82) is 0 Å². The minimum atomic E-state index is 0.0352. The summed E-state index contributed by atoms with van der Waals surface area (Å²) in [5.74, 6) is 0.0352. The Labute approximate surface area is 144 Å². The lowest BCUT2D eigenvalue weighted by Crippen LogP contribution is -2.40. The number of carbonyl (C=O) groups excluding carboxylic acids is 1. The molecular formula is C18H17N3O2S. The molecule has 0 saturated carbocycles. The van der Waals surface area contributed by atoms with E-state index in [1.807, 2.05) is 64.3 Å². The number of ether oxygens (including phenoxy) is 1. The number of thiazole rings is 1. The van der Waals surface area contributed by atoms with Gasteiger partial charge in [-0.05, 0) is 12.1 Å². The maximum atomic E-state index is 13.0. The Morgan fingerprint density at radius 2 is 1.75 bits per heavy atom. The van der Waals surface area contributed by atoms with Crippen LogP contribution in [0.15, 0.2) is 54.9 Å². The molecule has 1 amide bonds. The van der Waals surface area contributed by atoms with Crippen molar-refractivity contribution in [3.63, 3.8) is 0 Å². The highest BCUT2D eigenvalue weighted by molar-refractivity contribution is 7.16. The van der Waals surface area contributed by atoms with Crippen molar-refractivity contribution in [2.45, 2.75) is 0 Å². The first-order chi connectivity index (χ1) is 11.8. The van der Waals surface area contributed by atoms with Crippen LogP contribution in [0, 0.1) is 0 Å². The smallest absolute Gasteiger partial charge is 0.266 e. The molecule has 0 unspecified atom stereocenters. The standard InChI is InChI=1S/C18H17N3O2S/c22-17(20-10-12-23-13-11-20)16-15(14-6-2-1-3-7-14)19-18(24-16)21-8-4-5-9-21/h1-9H,10-13H2. The van der Waals surface area contributed by atoms with Gasteiger partial charge in [-0.15, -0.1) is 0 Å². The van der Waals surface area contributed by atoms with Crippen LogP contribution in [0.1, 0.15) is 9.67 Å². The summed E-state index contributed by atoms with van der Waals surface area (Å²) in [5.41, 5.74) is 1.71. The monoisotopic (exact) mass is 339 g/mol. The number of benzene rings is 1. The lowest BCUT2D eigenvalue weighted by Gasteiger charge is -2.26. The van der Waals surface area contributed by atoms with Crippen LogP contribution < -0.4 is 0 Å². The second-order valence-corrected chi connectivity index (χ2v) is 6.51. The number of aromatic nitrogens is 2. The molecule has 5 nitrogen and oxygen atoms in total. The Bertz CT molecular complexity index is 821. The van der Waals surface area contributed by atoms with Gasteiger partial charge in [0.05, 0.1) is 18.9 Å². The fourth-order valence-electron chi connectivity index (χ4n) is 2.73. The second kappa shape index (κ2) is 6.59. The van der Waals surface area contributed by atoms with E-state index in [-0.39, 0.29) is 5.91 Å². The molecule has 0 radical (unpaired) electrons. The molecule has 1 fully saturated rings. The summed E-state index contributed by atoms with van der Waals surface area (Å²) in [5, 5.41) is 0.801. The molecule has 24 heavy (non-hydrogen) atoms. The molecule has 1 saturated heterocycles. The van der Waals surface area contributed by atoms with Gasteiger partial charge in [0, 0.05) is 31.0 Å². The van der Waals surface area contributed by atoms with Crippen LogP contribution in [0.4, 0.5) is 0 Å². The predicted octanol–water partition coefficient (Wildman–Crippen LogP) is 3.07. The van der Waals surface area contributed by atoms with Crippen molar-refractivity contribution in [1.82, 2.24) is 14.5 Å². The van der Waals surface area contributed by atoms with Crippen molar-refractivity contribution in [3.05, 3.63) is 59.7 Å². The summed E-state index contributed by atoms with van der Waals surface area (Å²) in [6, 6.07) is 13.8. The molecular weight excluding hydrogens is 322 g/mol. The number of nitrogens with zero attached hydrogens (tertiary/aromatic N) is 3. The van der Waals surface area contributed by atoms with E-state index in [1.165, 1.54) is 11.3 Å². The van der Waals surface area contributed by atoms with Crippen molar-refractivity contribution in [2.24, 2.45) is 0 Å². The Morgan fingerprint density at radius 3 is 2.46 bits per heavy atom. The van der Waals surface area contributed by atoms with Gasteiger partial charge in [-0.25, -0.2) is 4.98 Å². The van der Waals surface area contributed by atoms with Gasteiger partial charge in [0.25, 0.3) is 5.91 Å². The third kappa shape index (κ3) is 2.86. The lowest BCUT2D eigenvalue weighted by molar-refractivity contribution is 0.0306. The van der Waals surface area contributed by atoms with Crippen molar-refractivity contribution < 1.29 is 9.53 Å². The third-order valence-electron chi connectivity index (χ3n) is 3.98. The quantitative estimate of drug-likeness (QED) is 0.737. The van der Waals surface area contributed by atoms with Crippen LogP contribution >= 0.6 is 11.3 Å². The van der Waals surface area contributed by atoms with Gasteiger partial charge in [0.1, 0.15) is 4.88 Å². The number of morpholine rings is 1. The fraction of sp³-hybridized carbons (Fsp3) is 0.222. The normalized spacial score (nSPS) is 14.8. The molecule has 0 spiro atoms. The summed E-state index contributed by atoms with van der Waals surface area (Å²) >= 11 is 1.43. The number of rotatable bonds is 3. The minimum absolute atomic E-state index is 0.0352. The van der Waals surface area contributed by atoms with E-state index in [4.69, 9.17) is 9.72 Å². The Balaban J connectivity index is 1.77. The average Bonchev–Trinajstić information content (AvgIpc) is 3.32. The zero-order valence-electron chi connectivity index (χ0n) is 13.1. The molecule has 4 rings (SSSR count). The van der Waals surface area contributed by atoms with Crippen LogP contribution in [-0.2, 0) is 4.74 Å². The molecule has 2 aromatic heterocycles. The summed E-state index contributed by atoms with van der Waals surface area (Å²) in [7, 11) is 0. The lowest BCUT2D eigenvalue weighted by atomic mass is 10.1. The SMILES string of the molecule is O=C(c1sc(-n2cccc2)nc1-c1ccccc1)N1CCOCC1. The van der Waals surface area contributed by atoms with E-state index in [0.29, 0.717) is 31.2 Å². The third-order valence-corrected chi connectivity index (χ3v) is 5.04. The summed E-state index contributed by atoms with van der Waals surface area (Å²) in [6.45, 7) is 2.44. The number of hydrogen-bond donors (Lipinski definition) is 0. The fourth-order valence-corrected chi connectivity index (χ4v) is 3.75. The first kappa shape index (κ1) is 15.1. The van der Waals surface area contributed by atoms with Gasteiger partial charge in [0.15, 0.2) is 5.13 Å². The maximum absolute atomic E-state index is 13.0. The molecule has 1 aromatic carbocycles. The minimum Gasteiger partial charge on any atom is -0.378 e. The maximum Gasteiger partial charge on any atom is 0.266 e. The Hall–Kier alpha value is -2.44. The van der Waals surface area contributed by atoms with Crippen LogP contribution in [0.5, 0.6) is 0 Å². The molecule has 0 N–H and O–H groups in total. The highest BCUT2D eigenvalue weighted by Gasteiger charge is 2.25. The van der Waals surface area contributed by atoms with Gasteiger partial charge >= 0.3 is 0 Å². The number of carbonyl (C=O) groups is 1. The van der Waals surface area contributed by atoms with Gasteiger partial charge < -0.3 is 14.2 Å². The van der Waals surface area contributed by atoms with Crippen LogP contribution in [0.2, 0.25) is 0 Å². The summed E-state index contributed by atoms with van der Waals surface area (Å²) in [6.07, 6.45) is 3.88. The predicted molar refractivity (Wildman–Crippen MR) is 93.6 cm³/mol. The summed E-state index contributed by atoms with van der Waals surface area (Å²) in [4.78, 5) is 20.3. The Kier molecular flexibility index (Phi) is 4.15. The molecule has 0 aliphatic carbocycles. The van der Waals surface area contributed by atoms with Gasteiger partial charge in [-0.2, -0.15) is 0 Å². The zero-order chi connectivity index (χ0) is 16.4. The number of hydrogen-bond acceptors (Lipinski definition) is 4. The first-order valence-electron chi connectivity index (χ1n) is 7.89. The highest BCUT2D eigenvalue weighted by Crippen LogP contribution is 2.31. The number of amides is 1. The second-order valence-electron chi connectivity index (χ2n) is 5.54. The van der Waals surface area contributed by atoms with Crippen LogP contribution in [0.3, 0.4) is 0 Å². The van der Waals surface area contributed by atoms with E-state index < -0.39 is 0 Å².